The number of pyridine rings is 1. The third-order valence-corrected chi connectivity index (χ3v) is 4.14. The van der Waals surface area contributed by atoms with Gasteiger partial charge in [0.15, 0.2) is 0 Å². The highest BCUT2D eigenvalue weighted by molar-refractivity contribution is 5.79. The van der Waals surface area contributed by atoms with Gasteiger partial charge in [-0.2, -0.15) is 0 Å². The SMILES string of the molecule is COc1ccc(CCNCc2cc3ccc(C)cc3[nH]c2=O)cc1. The Bertz CT molecular complexity index is 882. The molecule has 0 atom stereocenters. The highest BCUT2D eigenvalue weighted by Gasteiger charge is 2.03. The van der Waals surface area contributed by atoms with Gasteiger partial charge in [-0.25, -0.2) is 0 Å². The summed E-state index contributed by atoms with van der Waals surface area (Å²) in [6, 6.07) is 16.1. The van der Waals surface area contributed by atoms with Crippen molar-refractivity contribution in [2.45, 2.75) is 19.9 Å². The normalized spacial score (nSPS) is 10.9. The molecule has 0 radical (unpaired) electrons. The molecule has 0 amide bonds. The quantitative estimate of drug-likeness (QED) is 0.685. The van der Waals surface area contributed by atoms with Crippen molar-refractivity contribution in [3.05, 3.63) is 75.6 Å². The van der Waals surface area contributed by atoms with Gasteiger partial charge in [-0.3, -0.25) is 4.79 Å². The van der Waals surface area contributed by atoms with Gasteiger partial charge in [0.2, 0.25) is 0 Å². The average Bonchev–Trinajstić information content (AvgIpc) is 2.59. The number of aromatic nitrogens is 1. The van der Waals surface area contributed by atoms with Crippen LogP contribution in [0.5, 0.6) is 5.75 Å². The number of hydrogen-bond acceptors (Lipinski definition) is 3. The van der Waals surface area contributed by atoms with E-state index in [-0.39, 0.29) is 5.56 Å². The molecule has 0 fully saturated rings. The first-order chi connectivity index (χ1) is 11.7. The summed E-state index contributed by atoms with van der Waals surface area (Å²) < 4.78 is 5.15. The first kappa shape index (κ1) is 16.3. The lowest BCUT2D eigenvalue weighted by atomic mass is 10.1. The van der Waals surface area contributed by atoms with Gasteiger partial charge in [0.1, 0.15) is 5.75 Å². The molecular weight excluding hydrogens is 300 g/mol. The van der Waals surface area contributed by atoms with Gasteiger partial charge < -0.3 is 15.0 Å². The van der Waals surface area contributed by atoms with Crippen LogP contribution >= 0.6 is 0 Å². The fourth-order valence-corrected chi connectivity index (χ4v) is 2.74. The molecule has 0 spiro atoms. The molecule has 0 bridgehead atoms. The molecule has 0 aliphatic heterocycles. The van der Waals surface area contributed by atoms with Gasteiger partial charge in [0.25, 0.3) is 5.56 Å². The van der Waals surface area contributed by atoms with Gasteiger partial charge in [0.05, 0.1) is 7.11 Å². The number of aromatic amines is 1. The van der Waals surface area contributed by atoms with E-state index >= 15 is 0 Å². The Hall–Kier alpha value is -2.59. The van der Waals surface area contributed by atoms with Gasteiger partial charge in [-0.1, -0.05) is 24.3 Å². The second kappa shape index (κ2) is 7.32. The lowest BCUT2D eigenvalue weighted by Crippen LogP contribution is -2.22. The highest BCUT2D eigenvalue weighted by Crippen LogP contribution is 2.13. The number of H-pyrrole nitrogens is 1. The monoisotopic (exact) mass is 322 g/mol. The van der Waals surface area contributed by atoms with Crippen LogP contribution in [0.25, 0.3) is 10.9 Å². The number of fused-ring (bicyclic) bond motifs is 1. The molecule has 124 valence electrons. The summed E-state index contributed by atoms with van der Waals surface area (Å²) in [5.41, 5.74) is 4.02. The topological polar surface area (TPSA) is 54.1 Å². The van der Waals surface area contributed by atoms with Crippen molar-refractivity contribution in [2.75, 3.05) is 13.7 Å². The molecule has 0 saturated carbocycles. The molecule has 1 heterocycles. The molecule has 1 aromatic heterocycles. The summed E-state index contributed by atoms with van der Waals surface area (Å²) in [6.45, 7) is 3.40. The van der Waals surface area contributed by atoms with E-state index in [2.05, 4.69) is 28.5 Å². The summed E-state index contributed by atoms with van der Waals surface area (Å²) in [5, 5.41) is 4.41. The molecule has 2 N–H and O–H groups in total. The maximum Gasteiger partial charge on any atom is 0.252 e. The van der Waals surface area contributed by atoms with E-state index < -0.39 is 0 Å². The molecule has 0 aliphatic rings. The lowest BCUT2D eigenvalue weighted by Gasteiger charge is -2.07. The number of methoxy groups -OCH3 is 1. The van der Waals surface area contributed by atoms with Crippen LogP contribution in [0.4, 0.5) is 0 Å². The maximum absolute atomic E-state index is 12.2. The Balaban J connectivity index is 1.60. The van der Waals surface area contributed by atoms with Crippen LogP contribution in [0.1, 0.15) is 16.7 Å². The van der Waals surface area contributed by atoms with E-state index in [1.165, 1.54) is 5.56 Å². The molecular formula is C20H22N2O2. The van der Waals surface area contributed by atoms with Gasteiger partial charge in [-0.05, 0) is 60.7 Å². The molecule has 24 heavy (non-hydrogen) atoms. The first-order valence-corrected chi connectivity index (χ1v) is 8.12. The third kappa shape index (κ3) is 3.84. The predicted molar refractivity (Wildman–Crippen MR) is 97.7 cm³/mol. The molecule has 3 rings (SSSR count). The zero-order valence-corrected chi connectivity index (χ0v) is 14.1. The van der Waals surface area contributed by atoms with Crippen molar-refractivity contribution >= 4 is 10.9 Å². The molecule has 4 nitrogen and oxygen atoms in total. The molecule has 2 aromatic carbocycles. The van der Waals surface area contributed by atoms with Crippen molar-refractivity contribution in [3.63, 3.8) is 0 Å². The van der Waals surface area contributed by atoms with Crippen LogP contribution in [0, 0.1) is 6.92 Å². The fourth-order valence-electron chi connectivity index (χ4n) is 2.74. The molecule has 0 unspecified atom stereocenters. The minimum Gasteiger partial charge on any atom is -0.497 e. The van der Waals surface area contributed by atoms with Gasteiger partial charge in [-0.15, -0.1) is 0 Å². The smallest absolute Gasteiger partial charge is 0.252 e. The number of ether oxygens (including phenoxy) is 1. The second-order valence-corrected chi connectivity index (χ2v) is 5.99. The summed E-state index contributed by atoms with van der Waals surface area (Å²) >= 11 is 0. The number of hydrogen-bond donors (Lipinski definition) is 2. The first-order valence-electron chi connectivity index (χ1n) is 8.12. The number of benzene rings is 2. The minimum absolute atomic E-state index is 0.0231. The zero-order valence-electron chi connectivity index (χ0n) is 14.1. The van der Waals surface area contributed by atoms with Crippen LogP contribution < -0.4 is 15.6 Å². The van der Waals surface area contributed by atoms with E-state index in [0.717, 1.165) is 40.7 Å². The average molecular weight is 322 g/mol. The van der Waals surface area contributed by atoms with E-state index in [9.17, 15) is 4.79 Å². The highest BCUT2D eigenvalue weighted by atomic mass is 16.5. The summed E-state index contributed by atoms with van der Waals surface area (Å²) in [6.07, 6.45) is 0.911. The molecule has 3 aromatic rings. The van der Waals surface area contributed by atoms with Crippen LogP contribution in [0.3, 0.4) is 0 Å². The maximum atomic E-state index is 12.2. The standard InChI is InChI=1S/C20H22N2O2/c1-14-3-6-16-12-17(20(23)22-19(16)11-14)13-21-10-9-15-4-7-18(24-2)8-5-15/h3-8,11-12,21H,9-10,13H2,1-2H3,(H,22,23). The van der Waals surface area contributed by atoms with Crippen molar-refractivity contribution in [2.24, 2.45) is 0 Å². The van der Waals surface area contributed by atoms with Crippen LogP contribution in [-0.4, -0.2) is 18.6 Å². The number of nitrogens with one attached hydrogen (secondary N) is 2. The Morgan fingerprint density at radius 3 is 2.62 bits per heavy atom. The summed E-state index contributed by atoms with van der Waals surface area (Å²) in [7, 11) is 1.67. The van der Waals surface area contributed by atoms with Crippen LogP contribution in [0.15, 0.2) is 53.3 Å². The van der Waals surface area contributed by atoms with Crippen molar-refractivity contribution in [1.29, 1.82) is 0 Å². The van der Waals surface area contributed by atoms with E-state index in [1.807, 2.05) is 37.3 Å². The summed E-state index contributed by atoms with van der Waals surface area (Å²) in [5.74, 6) is 0.865. The predicted octanol–water partition coefficient (Wildman–Crippen LogP) is 3.18. The number of aryl methyl sites for hydroxylation is 1. The summed E-state index contributed by atoms with van der Waals surface area (Å²) in [4.78, 5) is 15.1. The van der Waals surface area contributed by atoms with E-state index in [4.69, 9.17) is 4.74 Å². The Morgan fingerprint density at radius 1 is 1.08 bits per heavy atom. The van der Waals surface area contributed by atoms with Gasteiger partial charge in [0, 0.05) is 17.6 Å². The van der Waals surface area contributed by atoms with Crippen LogP contribution in [0.2, 0.25) is 0 Å². The number of rotatable bonds is 6. The van der Waals surface area contributed by atoms with E-state index in [1.54, 1.807) is 7.11 Å². The Kier molecular flexibility index (Phi) is 4.96. The third-order valence-electron chi connectivity index (χ3n) is 4.14. The Morgan fingerprint density at radius 2 is 1.88 bits per heavy atom. The van der Waals surface area contributed by atoms with Crippen molar-refractivity contribution in [3.8, 4) is 5.75 Å². The van der Waals surface area contributed by atoms with Crippen molar-refractivity contribution < 1.29 is 4.74 Å². The van der Waals surface area contributed by atoms with Crippen LogP contribution in [-0.2, 0) is 13.0 Å². The molecule has 0 saturated heterocycles. The zero-order chi connectivity index (χ0) is 16.9. The fraction of sp³-hybridized carbons (Fsp3) is 0.250. The molecule has 4 heteroatoms. The van der Waals surface area contributed by atoms with Gasteiger partial charge >= 0.3 is 0 Å². The lowest BCUT2D eigenvalue weighted by molar-refractivity contribution is 0.414. The Labute approximate surface area is 141 Å². The van der Waals surface area contributed by atoms with Crippen molar-refractivity contribution in [1.82, 2.24) is 10.3 Å². The largest absolute Gasteiger partial charge is 0.497 e. The molecule has 0 aliphatic carbocycles. The second-order valence-electron chi connectivity index (χ2n) is 5.99. The minimum atomic E-state index is -0.0231. The van der Waals surface area contributed by atoms with E-state index in [0.29, 0.717) is 6.54 Å².